The lowest BCUT2D eigenvalue weighted by Gasteiger charge is -2.23. The highest BCUT2D eigenvalue weighted by Gasteiger charge is 2.19. The van der Waals surface area contributed by atoms with Crippen LogP contribution in [0.2, 0.25) is 0 Å². The van der Waals surface area contributed by atoms with Gasteiger partial charge in [0, 0.05) is 6.54 Å². The number of H-pyrrole nitrogens is 1. The summed E-state index contributed by atoms with van der Waals surface area (Å²) < 4.78 is 14.7. The van der Waals surface area contributed by atoms with E-state index in [1.807, 2.05) is 20.8 Å². The second-order valence-electron chi connectivity index (χ2n) is 6.45. The zero-order valence-electron chi connectivity index (χ0n) is 15.3. The molecule has 0 aliphatic rings. The van der Waals surface area contributed by atoms with Crippen molar-refractivity contribution in [1.29, 1.82) is 0 Å². The minimum absolute atomic E-state index is 0.154. The normalized spacial score (nSPS) is 12.3. The van der Waals surface area contributed by atoms with E-state index in [0.29, 0.717) is 11.7 Å². The van der Waals surface area contributed by atoms with Gasteiger partial charge in [-0.05, 0) is 30.0 Å². The van der Waals surface area contributed by atoms with Crippen LogP contribution in [0, 0.1) is 11.7 Å². The summed E-state index contributed by atoms with van der Waals surface area (Å²) in [5.41, 5.74) is 0.604. The zero-order chi connectivity index (χ0) is 19.1. The maximum Gasteiger partial charge on any atom is 0.343 e. The van der Waals surface area contributed by atoms with Gasteiger partial charge in [0.1, 0.15) is 5.82 Å². The van der Waals surface area contributed by atoms with Crippen LogP contribution >= 0.6 is 11.8 Å². The van der Waals surface area contributed by atoms with E-state index in [1.54, 1.807) is 16.7 Å². The van der Waals surface area contributed by atoms with Crippen LogP contribution in [0.25, 0.3) is 0 Å². The van der Waals surface area contributed by atoms with E-state index in [4.69, 9.17) is 0 Å². The van der Waals surface area contributed by atoms with Crippen molar-refractivity contribution in [2.75, 3.05) is 5.75 Å². The molecular weight excluding hydrogens is 355 g/mol. The molecule has 0 fully saturated rings. The first-order chi connectivity index (χ1) is 12.4. The van der Waals surface area contributed by atoms with Crippen molar-refractivity contribution in [3.8, 4) is 0 Å². The van der Waals surface area contributed by atoms with Crippen LogP contribution in [-0.2, 0) is 11.3 Å². The first-order valence-corrected chi connectivity index (χ1v) is 9.73. The maximum absolute atomic E-state index is 13.1. The van der Waals surface area contributed by atoms with Gasteiger partial charge in [0.25, 0.3) is 0 Å². The van der Waals surface area contributed by atoms with Gasteiger partial charge in [-0.25, -0.2) is 14.3 Å². The fourth-order valence-electron chi connectivity index (χ4n) is 2.58. The van der Waals surface area contributed by atoms with Crippen LogP contribution in [0.1, 0.15) is 45.2 Å². The van der Waals surface area contributed by atoms with E-state index >= 15 is 0 Å². The Kier molecular flexibility index (Phi) is 7.44. The predicted molar refractivity (Wildman–Crippen MR) is 101 cm³/mol. The SMILES string of the molecule is CCCCn1c(SCC(=O)NC(c2ccc(F)cc2)C(C)C)n[nH]c1=O. The lowest BCUT2D eigenvalue weighted by molar-refractivity contribution is -0.119. The highest BCUT2D eigenvalue weighted by atomic mass is 32.2. The van der Waals surface area contributed by atoms with Crippen molar-refractivity contribution < 1.29 is 9.18 Å². The largest absolute Gasteiger partial charge is 0.348 e. The molecule has 1 amide bonds. The summed E-state index contributed by atoms with van der Waals surface area (Å²) in [5, 5.41) is 9.92. The number of carbonyl (C=O) groups excluding carboxylic acids is 1. The number of hydrogen-bond donors (Lipinski definition) is 2. The van der Waals surface area contributed by atoms with Gasteiger partial charge in [-0.1, -0.05) is 51.1 Å². The van der Waals surface area contributed by atoms with Gasteiger partial charge in [-0.2, -0.15) is 0 Å². The molecule has 1 aromatic heterocycles. The molecule has 8 heteroatoms. The number of benzene rings is 1. The molecule has 0 spiro atoms. The van der Waals surface area contributed by atoms with Crippen LogP contribution in [-0.4, -0.2) is 26.4 Å². The maximum atomic E-state index is 13.1. The number of thioether (sulfide) groups is 1. The molecule has 1 heterocycles. The van der Waals surface area contributed by atoms with E-state index in [1.165, 1.54) is 23.9 Å². The minimum atomic E-state index is -0.304. The molecule has 0 saturated carbocycles. The molecule has 1 atom stereocenters. The van der Waals surface area contributed by atoms with Gasteiger partial charge >= 0.3 is 5.69 Å². The van der Waals surface area contributed by atoms with Crippen molar-refractivity contribution in [2.45, 2.75) is 51.4 Å². The predicted octanol–water partition coefficient (Wildman–Crippen LogP) is 3.12. The molecule has 1 unspecified atom stereocenters. The van der Waals surface area contributed by atoms with E-state index in [-0.39, 0.29) is 35.1 Å². The highest BCUT2D eigenvalue weighted by molar-refractivity contribution is 7.99. The monoisotopic (exact) mass is 380 g/mol. The standard InChI is InChI=1S/C18H25FN4O2S/c1-4-5-10-23-17(25)21-22-18(23)26-11-15(24)20-16(12(2)3)13-6-8-14(19)9-7-13/h6-9,12,16H,4-5,10-11H2,1-3H3,(H,20,24)(H,21,25). The van der Waals surface area contributed by atoms with Crippen molar-refractivity contribution in [3.05, 3.63) is 46.1 Å². The molecule has 142 valence electrons. The molecule has 2 aromatic rings. The molecule has 0 bridgehead atoms. The summed E-state index contributed by atoms with van der Waals surface area (Å²) in [6.07, 6.45) is 1.84. The number of hydrogen-bond acceptors (Lipinski definition) is 4. The third-order valence-corrected chi connectivity index (χ3v) is 4.98. The Balaban J connectivity index is 1.99. The lowest BCUT2D eigenvalue weighted by Crippen LogP contribution is -2.33. The number of nitrogens with zero attached hydrogens (tertiary/aromatic N) is 2. The number of unbranched alkanes of at least 4 members (excludes halogenated alkanes) is 1. The third-order valence-electron chi connectivity index (χ3n) is 4.00. The van der Waals surface area contributed by atoms with Crippen LogP contribution < -0.4 is 11.0 Å². The molecule has 1 aromatic carbocycles. The molecule has 0 aliphatic carbocycles. The molecule has 2 N–H and O–H groups in total. The molecule has 0 radical (unpaired) electrons. The quantitative estimate of drug-likeness (QED) is 0.655. The number of aromatic nitrogens is 3. The third kappa shape index (κ3) is 5.45. The Hall–Kier alpha value is -2.09. The Labute approximate surface area is 156 Å². The minimum Gasteiger partial charge on any atom is -0.348 e. The summed E-state index contributed by atoms with van der Waals surface area (Å²) in [6, 6.07) is 5.95. The Bertz CT molecular complexity index is 770. The average Bonchev–Trinajstić information content (AvgIpc) is 2.96. The number of carbonyl (C=O) groups is 1. The number of amides is 1. The van der Waals surface area contributed by atoms with Gasteiger partial charge < -0.3 is 5.32 Å². The van der Waals surface area contributed by atoms with Gasteiger partial charge in [0.2, 0.25) is 5.91 Å². The smallest absolute Gasteiger partial charge is 0.343 e. The van der Waals surface area contributed by atoms with Crippen molar-refractivity contribution in [1.82, 2.24) is 20.1 Å². The van der Waals surface area contributed by atoms with E-state index in [2.05, 4.69) is 15.5 Å². The summed E-state index contributed by atoms with van der Waals surface area (Å²) in [6.45, 7) is 6.63. The fraction of sp³-hybridized carbons (Fsp3) is 0.500. The Morgan fingerprint density at radius 3 is 2.65 bits per heavy atom. The number of rotatable bonds is 9. The van der Waals surface area contributed by atoms with Gasteiger partial charge in [0.05, 0.1) is 11.8 Å². The lowest BCUT2D eigenvalue weighted by atomic mass is 9.96. The fourth-order valence-corrected chi connectivity index (χ4v) is 3.36. The zero-order valence-corrected chi connectivity index (χ0v) is 16.1. The van der Waals surface area contributed by atoms with Gasteiger partial charge in [-0.15, -0.1) is 5.10 Å². The number of halogens is 1. The van der Waals surface area contributed by atoms with Crippen molar-refractivity contribution >= 4 is 17.7 Å². The molecule has 0 saturated heterocycles. The molecule has 0 aliphatic heterocycles. The molecule has 26 heavy (non-hydrogen) atoms. The Morgan fingerprint density at radius 1 is 1.35 bits per heavy atom. The van der Waals surface area contributed by atoms with Gasteiger partial charge in [-0.3, -0.25) is 9.36 Å². The number of aromatic amines is 1. The second kappa shape index (κ2) is 9.56. The van der Waals surface area contributed by atoms with Gasteiger partial charge in [0.15, 0.2) is 5.16 Å². The van der Waals surface area contributed by atoms with Crippen LogP contribution in [0.3, 0.4) is 0 Å². The van der Waals surface area contributed by atoms with Crippen molar-refractivity contribution in [2.24, 2.45) is 5.92 Å². The molecular formula is C18H25FN4O2S. The first-order valence-electron chi connectivity index (χ1n) is 8.75. The van der Waals surface area contributed by atoms with Crippen LogP contribution in [0.15, 0.2) is 34.2 Å². The second-order valence-corrected chi connectivity index (χ2v) is 7.39. The van der Waals surface area contributed by atoms with E-state index in [0.717, 1.165) is 18.4 Å². The Morgan fingerprint density at radius 2 is 2.04 bits per heavy atom. The summed E-state index contributed by atoms with van der Waals surface area (Å²) in [4.78, 5) is 24.1. The summed E-state index contributed by atoms with van der Waals surface area (Å²) in [5.74, 6) is -0.152. The number of nitrogens with one attached hydrogen (secondary N) is 2. The summed E-state index contributed by atoms with van der Waals surface area (Å²) >= 11 is 1.23. The summed E-state index contributed by atoms with van der Waals surface area (Å²) in [7, 11) is 0. The molecule has 6 nitrogen and oxygen atoms in total. The van der Waals surface area contributed by atoms with E-state index in [9.17, 15) is 14.0 Å². The van der Waals surface area contributed by atoms with Crippen LogP contribution in [0.4, 0.5) is 4.39 Å². The van der Waals surface area contributed by atoms with Crippen LogP contribution in [0.5, 0.6) is 0 Å². The molecule has 2 rings (SSSR count). The average molecular weight is 380 g/mol. The topological polar surface area (TPSA) is 79.8 Å². The van der Waals surface area contributed by atoms with Crippen molar-refractivity contribution in [3.63, 3.8) is 0 Å². The van der Waals surface area contributed by atoms with E-state index < -0.39 is 0 Å². The highest BCUT2D eigenvalue weighted by Crippen LogP contribution is 2.22. The first kappa shape index (κ1) is 20.2.